The van der Waals surface area contributed by atoms with E-state index >= 15 is 0 Å². The summed E-state index contributed by atoms with van der Waals surface area (Å²) in [5.41, 5.74) is 5.82. The predicted octanol–water partition coefficient (Wildman–Crippen LogP) is 10.3. The number of aliphatic hydroxyl groups is 1. The van der Waals surface area contributed by atoms with Gasteiger partial charge >= 0.3 is 5.97 Å². The number of carbonyl (C=O) groups excluding carboxylic acids is 1. The number of carbonyl (C=O) groups is 1. The van der Waals surface area contributed by atoms with Crippen LogP contribution in [0.15, 0.2) is 212 Å². The Morgan fingerprint density at radius 3 is 1.19 bits per heavy atom. The lowest BCUT2D eigenvalue weighted by Gasteiger charge is -2.50. The molecule has 15 heteroatoms. The number of esters is 1. The topological polar surface area (TPSA) is 157 Å². The Balaban J connectivity index is 1.02. The number of aliphatic hydroxyl groups excluding tert-OH is 1. The third-order valence-corrected chi connectivity index (χ3v) is 15.0. The standard InChI is InChI=1S/C68H74O15/c1-46-57(73-40-49-27-13-5-14-28-49)60(56(69)66(78-46)83-62-58(74-41-50-29-15-6-16-30-50)47(2)79-67(71-3)64(62)81-65(70)54-37-23-10-24-38-54)82-68-63(77-44-53-35-21-9-22-36-53)61(76-43-52-33-19-8-20-34-52)59(75-42-51-31-17-7-18-32-51)55(80-68)45-72-39-48-25-11-4-12-26-48/h4-38,46-47,55-64,66-69H,39-45H2,1-3H3. The van der Waals surface area contributed by atoms with E-state index in [0.717, 1.165) is 33.4 Å². The van der Waals surface area contributed by atoms with E-state index in [9.17, 15) is 9.90 Å². The number of benzene rings is 7. The zero-order valence-corrected chi connectivity index (χ0v) is 47.0. The van der Waals surface area contributed by atoms with Crippen LogP contribution in [0.2, 0.25) is 0 Å². The molecule has 3 aliphatic heterocycles. The van der Waals surface area contributed by atoms with E-state index in [0.29, 0.717) is 5.56 Å². The molecule has 0 aromatic heterocycles. The number of hydrogen-bond donors (Lipinski definition) is 1. The smallest absolute Gasteiger partial charge is 0.338 e. The van der Waals surface area contributed by atoms with Crippen LogP contribution in [0.4, 0.5) is 0 Å². The van der Waals surface area contributed by atoms with Gasteiger partial charge in [0.25, 0.3) is 0 Å². The monoisotopic (exact) mass is 1130 g/mol. The van der Waals surface area contributed by atoms with Crippen LogP contribution in [-0.2, 0) is 101 Å². The van der Waals surface area contributed by atoms with E-state index in [1.807, 2.05) is 202 Å². The lowest BCUT2D eigenvalue weighted by molar-refractivity contribution is -0.386. The average molecular weight is 1130 g/mol. The molecule has 0 radical (unpaired) electrons. The number of hydrogen-bond acceptors (Lipinski definition) is 15. The van der Waals surface area contributed by atoms with Gasteiger partial charge in [0, 0.05) is 7.11 Å². The quantitative estimate of drug-likeness (QED) is 0.0511. The van der Waals surface area contributed by atoms with Crippen LogP contribution in [0.3, 0.4) is 0 Å². The van der Waals surface area contributed by atoms with Gasteiger partial charge in [0.2, 0.25) is 0 Å². The van der Waals surface area contributed by atoms with Crippen molar-refractivity contribution < 1.29 is 71.5 Å². The molecule has 1 N–H and O–H groups in total. The van der Waals surface area contributed by atoms with Gasteiger partial charge in [-0.05, 0) is 59.4 Å². The van der Waals surface area contributed by atoms with Crippen LogP contribution in [0.25, 0.3) is 0 Å². The summed E-state index contributed by atoms with van der Waals surface area (Å²) in [6.07, 6.45) is -15.8. The van der Waals surface area contributed by atoms with Gasteiger partial charge in [-0.25, -0.2) is 4.79 Å². The molecule has 0 saturated carbocycles. The molecule has 15 atom stereocenters. The predicted molar refractivity (Wildman–Crippen MR) is 307 cm³/mol. The Morgan fingerprint density at radius 1 is 0.386 bits per heavy atom. The van der Waals surface area contributed by atoms with E-state index in [-0.39, 0.29) is 46.2 Å². The van der Waals surface area contributed by atoms with E-state index < -0.39 is 98.1 Å². The first kappa shape index (κ1) is 59.6. The molecule has 10 rings (SSSR count). The molecule has 15 nitrogen and oxygen atoms in total. The molecule has 0 bridgehead atoms. The summed E-state index contributed by atoms with van der Waals surface area (Å²) >= 11 is 0. The van der Waals surface area contributed by atoms with Gasteiger partial charge in [0.15, 0.2) is 25.0 Å². The van der Waals surface area contributed by atoms with Crippen molar-refractivity contribution in [3.05, 3.63) is 251 Å². The fourth-order valence-corrected chi connectivity index (χ4v) is 10.6. The van der Waals surface area contributed by atoms with Crippen LogP contribution in [0.1, 0.15) is 57.6 Å². The van der Waals surface area contributed by atoms with Gasteiger partial charge in [-0.1, -0.05) is 200 Å². The van der Waals surface area contributed by atoms with Gasteiger partial charge < -0.3 is 66.7 Å². The summed E-state index contributed by atoms with van der Waals surface area (Å²) in [5, 5.41) is 13.2. The van der Waals surface area contributed by atoms with Gasteiger partial charge in [-0.2, -0.15) is 0 Å². The maximum absolute atomic E-state index is 14.0. The molecule has 15 unspecified atom stereocenters. The van der Waals surface area contributed by atoms with Gasteiger partial charge in [0.1, 0.15) is 54.9 Å². The molecule has 0 spiro atoms. The van der Waals surface area contributed by atoms with Crippen LogP contribution in [0, 0.1) is 0 Å². The second-order valence-electron chi connectivity index (χ2n) is 20.9. The highest BCUT2D eigenvalue weighted by Crippen LogP contribution is 2.38. The normalized spacial score (nSPS) is 28.1. The van der Waals surface area contributed by atoms with Gasteiger partial charge in [-0.3, -0.25) is 0 Å². The van der Waals surface area contributed by atoms with E-state index in [1.165, 1.54) is 7.11 Å². The van der Waals surface area contributed by atoms with E-state index in [1.54, 1.807) is 24.3 Å². The van der Waals surface area contributed by atoms with Crippen molar-refractivity contribution in [1.82, 2.24) is 0 Å². The Kier molecular flexibility index (Phi) is 21.8. The lowest BCUT2D eigenvalue weighted by Crippen LogP contribution is -2.67. The molecule has 3 fully saturated rings. The second-order valence-corrected chi connectivity index (χ2v) is 20.9. The molecule has 3 heterocycles. The summed E-state index contributed by atoms with van der Waals surface area (Å²) in [6.45, 7) is 4.88. The molecule has 3 aliphatic rings. The third-order valence-electron chi connectivity index (χ3n) is 15.0. The highest BCUT2D eigenvalue weighted by molar-refractivity contribution is 5.89. The van der Waals surface area contributed by atoms with Gasteiger partial charge in [0.05, 0.1) is 64.0 Å². The highest BCUT2D eigenvalue weighted by Gasteiger charge is 2.56. The zero-order valence-electron chi connectivity index (χ0n) is 47.0. The summed E-state index contributed by atoms with van der Waals surface area (Å²) in [4.78, 5) is 14.0. The highest BCUT2D eigenvalue weighted by atomic mass is 16.8. The van der Waals surface area contributed by atoms with Crippen molar-refractivity contribution in [2.45, 2.75) is 146 Å². The SMILES string of the molecule is COC1OC(C)C(OCc2ccccc2)C(OC2OC(C)C(OCc3ccccc3)C(OC3OC(COCc4ccccc4)C(OCc4ccccc4)C(OCc4ccccc4)C3OCc3ccccc3)C2O)C1OC(=O)c1ccccc1. The van der Waals surface area contributed by atoms with Crippen LogP contribution >= 0.6 is 0 Å². The van der Waals surface area contributed by atoms with Gasteiger partial charge in [-0.15, -0.1) is 0 Å². The number of ether oxygens (including phenoxy) is 13. The fraction of sp³-hybridized carbons (Fsp3) is 0.368. The average Bonchev–Trinajstić information content (AvgIpc) is 3.71. The van der Waals surface area contributed by atoms with Crippen molar-refractivity contribution in [3.8, 4) is 0 Å². The summed E-state index contributed by atoms with van der Waals surface area (Å²) in [6, 6.07) is 67.5. The second kappa shape index (κ2) is 30.3. The maximum Gasteiger partial charge on any atom is 0.338 e. The summed E-state index contributed by atoms with van der Waals surface area (Å²) in [5.74, 6) is -0.645. The van der Waals surface area contributed by atoms with Crippen LogP contribution in [0.5, 0.6) is 0 Å². The molecular formula is C68H74O15. The Hall–Kier alpha value is -6.51. The first-order valence-electron chi connectivity index (χ1n) is 28.4. The van der Waals surface area contributed by atoms with Crippen molar-refractivity contribution in [1.29, 1.82) is 0 Å². The lowest BCUT2D eigenvalue weighted by atomic mass is 9.95. The molecule has 7 aromatic rings. The first-order chi connectivity index (χ1) is 40.8. The molecular weight excluding hydrogens is 1060 g/mol. The third kappa shape index (κ3) is 16.2. The largest absolute Gasteiger partial charge is 0.450 e. The Morgan fingerprint density at radius 2 is 0.747 bits per heavy atom. The van der Waals surface area contributed by atoms with Crippen molar-refractivity contribution in [2.75, 3.05) is 13.7 Å². The van der Waals surface area contributed by atoms with E-state index in [4.69, 9.17) is 61.6 Å². The van der Waals surface area contributed by atoms with Crippen LogP contribution in [-0.4, -0.2) is 117 Å². The molecule has 436 valence electrons. The molecule has 7 aromatic carbocycles. The van der Waals surface area contributed by atoms with Crippen molar-refractivity contribution in [2.24, 2.45) is 0 Å². The Labute approximate surface area is 486 Å². The summed E-state index contributed by atoms with van der Waals surface area (Å²) < 4.78 is 87.9. The molecule has 0 aliphatic carbocycles. The fourth-order valence-electron chi connectivity index (χ4n) is 10.6. The minimum Gasteiger partial charge on any atom is -0.450 e. The van der Waals surface area contributed by atoms with Crippen LogP contribution < -0.4 is 0 Å². The number of rotatable bonds is 26. The molecule has 3 saturated heterocycles. The zero-order chi connectivity index (χ0) is 57.2. The van der Waals surface area contributed by atoms with Crippen molar-refractivity contribution in [3.63, 3.8) is 0 Å². The maximum atomic E-state index is 14.0. The van der Waals surface area contributed by atoms with E-state index in [2.05, 4.69) is 0 Å². The summed E-state index contributed by atoms with van der Waals surface area (Å²) in [7, 11) is 1.46. The molecule has 0 amide bonds. The number of methoxy groups -OCH3 is 1. The Bertz CT molecular complexity index is 2950. The van der Waals surface area contributed by atoms with Crippen molar-refractivity contribution >= 4 is 5.97 Å². The minimum absolute atomic E-state index is 0.0628. The first-order valence-corrected chi connectivity index (χ1v) is 28.4. The molecule has 83 heavy (non-hydrogen) atoms. The minimum atomic E-state index is -1.60.